The molecule has 3 heterocycles. The second-order valence-corrected chi connectivity index (χ2v) is 10.0. The molecule has 3 saturated heterocycles. The maximum Gasteiger partial charge on any atom is 0.270 e. The van der Waals surface area contributed by atoms with E-state index in [-0.39, 0.29) is 67.9 Å². The number of ether oxygens (including phenoxy) is 1. The lowest BCUT2D eigenvalue weighted by Crippen LogP contribution is -2.69. The van der Waals surface area contributed by atoms with Gasteiger partial charge in [0.15, 0.2) is 0 Å². The zero-order valence-corrected chi connectivity index (χ0v) is 20.6. The van der Waals surface area contributed by atoms with Crippen molar-refractivity contribution in [3.05, 3.63) is 65.0 Å². The van der Waals surface area contributed by atoms with Crippen LogP contribution in [0.5, 0.6) is 0 Å². The summed E-state index contributed by atoms with van der Waals surface area (Å²) in [6, 6.07) is 11.0. The SMILES string of the molecule is CC(F)(F)c1ccc(CN2C(=O)CN(c3ccc(C#N)cc3F)C(=O)[C@]23CCN(C(=O)C2COC2)C3)cc1. The van der Waals surface area contributed by atoms with Gasteiger partial charge in [-0.05, 0) is 30.2 Å². The Balaban J connectivity index is 1.49. The van der Waals surface area contributed by atoms with Crippen molar-refractivity contribution in [2.45, 2.75) is 31.4 Å². The zero-order chi connectivity index (χ0) is 27.2. The molecule has 1 spiro atoms. The summed E-state index contributed by atoms with van der Waals surface area (Å²) in [7, 11) is 0. The Bertz CT molecular complexity index is 1330. The van der Waals surface area contributed by atoms with Crippen molar-refractivity contribution < 1.29 is 32.3 Å². The van der Waals surface area contributed by atoms with Gasteiger partial charge in [-0.25, -0.2) is 13.2 Å². The Morgan fingerprint density at radius 3 is 2.47 bits per heavy atom. The molecule has 0 aromatic heterocycles. The van der Waals surface area contributed by atoms with Crippen LogP contribution in [0.25, 0.3) is 0 Å². The third-order valence-corrected chi connectivity index (χ3v) is 7.47. The molecule has 3 aliphatic rings. The summed E-state index contributed by atoms with van der Waals surface area (Å²) < 4.78 is 47.4. The number of hydrogen-bond donors (Lipinski definition) is 0. The average molecular weight is 527 g/mol. The molecule has 3 amide bonds. The smallest absolute Gasteiger partial charge is 0.270 e. The van der Waals surface area contributed by atoms with Crippen LogP contribution >= 0.6 is 0 Å². The fraction of sp³-hybridized carbons (Fsp3) is 0.407. The third-order valence-electron chi connectivity index (χ3n) is 7.47. The number of piperazine rings is 1. The molecular formula is C27H25F3N4O4. The monoisotopic (exact) mass is 526 g/mol. The standard InChI is InChI=1S/C27H25F3N4O4/c1-26(29,30)20-5-2-17(3-6-20)12-34-23(35)13-33(22-7-4-18(11-31)10-21(22)28)25(37)27(34)8-9-32(16-27)24(36)19-14-38-15-19/h2-7,10,19H,8-9,12-16H2,1H3/t27-/m1/s1. The number of carbonyl (C=O) groups excluding carboxylic acids is 3. The van der Waals surface area contributed by atoms with Crippen molar-refractivity contribution in [1.29, 1.82) is 5.26 Å². The average Bonchev–Trinajstić information content (AvgIpc) is 3.29. The lowest BCUT2D eigenvalue weighted by Gasteiger charge is -2.47. The Hall–Kier alpha value is -3.91. The first-order valence-corrected chi connectivity index (χ1v) is 12.2. The second kappa shape index (κ2) is 9.44. The highest BCUT2D eigenvalue weighted by molar-refractivity contribution is 6.10. The summed E-state index contributed by atoms with van der Waals surface area (Å²) in [5, 5.41) is 9.07. The number of nitriles is 1. The Kier molecular flexibility index (Phi) is 6.39. The van der Waals surface area contributed by atoms with E-state index in [4.69, 9.17) is 10.00 Å². The van der Waals surface area contributed by atoms with Gasteiger partial charge in [-0.2, -0.15) is 5.26 Å². The van der Waals surface area contributed by atoms with Crippen LogP contribution in [0.15, 0.2) is 42.5 Å². The highest BCUT2D eigenvalue weighted by atomic mass is 19.3. The quantitative estimate of drug-likeness (QED) is 0.598. The zero-order valence-electron chi connectivity index (χ0n) is 20.6. The van der Waals surface area contributed by atoms with E-state index < -0.39 is 35.6 Å². The maximum atomic E-state index is 14.9. The van der Waals surface area contributed by atoms with E-state index in [1.807, 2.05) is 6.07 Å². The van der Waals surface area contributed by atoms with Gasteiger partial charge in [0, 0.05) is 25.6 Å². The molecule has 0 radical (unpaired) electrons. The number of anilines is 1. The number of amides is 3. The molecule has 3 aliphatic heterocycles. The summed E-state index contributed by atoms with van der Waals surface area (Å²) in [6.07, 6.45) is 0.135. The highest BCUT2D eigenvalue weighted by Gasteiger charge is 2.57. The van der Waals surface area contributed by atoms with Gasteiger partial charge in [-0.3, -0.25) is 19.3 Å². The second-order valence-electron chi connectivity index (χ2n) is 10.0. The minimum absolute atomic E-state index is 0.0433. The van der Waals surface area contributed by atoms with Gasteiger partial charge in [-0.1, -0.05) is 24.3 Å². The van der Waals surface area contributed by atoms with Crippen molar-refractivity contribution in [2.24, 2.45) is 5.92 Å². The predicted octanol–water partition coefficient (Wildman–Crippen LogP) is 2.80. The molecule has 38 heavy (non-hydrogen) atoms. The molecule has 198 valence electrons. The van der Waals surface area contributed by atoms with Crippen LogP contribution in [-0.2, 0) is 31.6 Å². The number of hydrogen-bond acceptors (Lipinski definition) is 5. The van der Waals surface area contributed by atoms with Crippen LogP contribution < -0.4 is 4.90 Å². The van der Waals surface area contributed by atoms with Crippen LogP contribution in [0.4, 0.5) is 18.9 Å². The van der Waals surface area contributed by atoms with Gasteiger partial charge in [-0.15, -0.1) is 0 Å². The van der Waals surface area contributed by atoms with Gasteiger partial charge < -0.3 is 14.5 Å². The Labute approximate surface area is 217 Å². The van der Waals surface area contributed by atoms with Crippen molar-refractivity contribution in [1.82, 2.24) is 9.80 Å². The summed E-state index contributed by atoms with van der Waals surface area (Å²) in [5.41, 5.74) is -1.18. The van der Waals surface area contributed by atoms with Crippen molar-refractivity contribution in [3.8, 4) is 6.07 Å². The minimum Gasteiger partial charge on any atom is -0.380 e. The number of carbonyl (C=O) groups is 3. The fourth-order valence-corrected chi connectivity index (χ4v) is 5.23. The maximum absolute atomic E-state index is 14.9. The molecule has 0 bridgehead atoms. The molecular weight excluding hydrogens is 501 g/mol. The number of halogens is 3. The van der Waals surface area contributed by atoms with Gasteiger partial charge >= 0.3 is 0 Å². The highest BCUT2D eigenvalue weighted by Crippen LogP contribution is 2.38. The van der Waals surface area contributed by atoms with Crippen molar-refractivity contribution in [2.75, 3.05) is 37.7 Å². The number of alkyl halides is 2. The molecule has 8 nitrogen and oxygen atoms in total. The molecule has 0 N–H and O–H groups in total. The summed E-state index contributed by atoms with van der Waals surface area (Å²) in [6.45, 7) is 1.02. The lowest BCUT2D eigenvalue weighted by molar-refractivity contribution is -0.154. The molecule has 0 unspecified atom stereocenters. The van der Waals surface area contributed by atoms with Crippen LogP contribution in [-0.4, -0.2) is 65.9 Å². The van der Waals surface area contributed by atoms with E-state index in [1.54, 1.807) is 0 Å². The van der Waals surface area contributed by atoms with Crippen LogP contribution in [0.1, 0.15) is 30.0 Å². The Morgan fingerprint density at radius 1 is 1.18 bits per heavy atom. The number of nitrogens with zero attached hydrogens (tertiary/aromatic N) is 4. The van der Waals surface area contributed by atoms with Gasteiger partial charge in [0.1, 0.15) is 17.9 Å². The summed E-state index contributed by atoms with van der Waals surface area (Å²) in [5.74, 6) is -5.35. The molecule has 0 aliphatic carbocycles. The first-order valence-electron chi connectivity index (χ1n) is 12.2. The predicted molar refractivity (Wildman–Crippen MR) is 128 cm³/mol. The summed E-state index contributed by atoms with van der Waals surface area (Å²) in [4.78, 5) is 44.5. The summed E-state index contributed by atoms with van der Waals surface area (Å²) >= 11 is 0. The third kappa shape index (κ3) is 4.39. The molecule has 2 aromatic rings. The normalized spacial score (nSPS) is 22.1. The van der Waals surface area contributed by atoms with Crippen molar-refractivity contribution in [3.63, 3.8) is 0 Å². The number of likely N-dealkylation sites (tertiary alicyclic amines) is 1. The largest absolute Gasteiger partial charge is 0.380 e. The van der Waals surface area contributed by atoms with Gasteiger partial charge in [0.05, 0.1) is 43.0 Å². The molecule has 11 heteroatoms. The lowest BCUT2D eigenvalue weighted by atomic mass is 9.89. The van der Waals surface area contributed by atoms with E-state index in [1.165, 1.54) is 46.2 Å². The number of benzene rings is 2. The van der Waals surface area contributed by atoms with E-state index in [0.717, 1.165) is 17.9 Å². The topological polar surface area (TPSA) is 94.0 Å². The molecule has 2 aromatic carbocycles. The molecule has 1 atom stereocenters. The van der Waals surface area contributed by atoms with Crippen LogP contribution in [0.3, 0.4) is 0 Å². The molecule has 0 saturated carbocycles. The van der Waals surface area contributed by atoms with Crippen molar-refractivity contribution >= 4 is 23.4 Å². The van der Waals surface area contributed by atoms with E-state index in [9.17, 15) is 27.6 Å². The molecule has 5 rings (SSSR count). The van der Waals surface area contributed by atoms with Crippen LogP contribution in [0, 0.1) is 23.1 Å². The van der Waals surface area contributed by atoms with E-state index in [2.05, 4.69) is 0 Å². The Morgan fingerprint density at radius 2 is 1.89 bits per heavy atom. The van der Waals surface area contributed by atoms with Gasteiger partial charge in [0.25, 0.3) is 11.8 Å². The first-order chi connectivity index (χ1) is 18.0. The minimum atomic E-state index is -3.03. The molecule has 3 fully saturated rings. The van der Waals surface area contributed by atoms with E-state index in [0.29, 0.717) is 5.56 Å². The van der Waals surface area contributed by atoms with Gasteiger partial charge in [0.2, 0.25) is 11.8 Å². The first kappa shape index (κ1) is 25.7. The number of rotatable bonds is 5. The van der Waals surface area contributed by atoms with Crippen LogP contribution in [0.2, 0.25) is 0 Å². The fourth-order valence-electron chi connectivity index (χ4n) is 5.23. The van der Waals surface area contributed by atoms with E-state index >= 15 is 0 Å².